The average molecular weight is 553 g/mol. The smallest absolute Gasteiger partial charge is 0.306 e. The quantitative estimate of drug-likeness (QED) is 0.239. The van der Waals surface area contributed by atoms with Crippen LogP contribution in [0, 0.1) is 13.8 Å². The summed E-state index contributed by atoms with van der Waals surface area (Å²) in [5.74, 6) is 0.686. The summed E-state index contributed by atoms with van der Waals surface area (Å²) in [7, 11) is -7.38. The van der Waals surface area contributed by atoms with E-state index in [-0.39, 0.29) is 18.1 Å². The van der Waals surface area contributed by atoms with Crippen molar-refractivity contribution in [1.29, 1.82) is 0 Å². The summed E-state index contributed by atoms with van der Waals surface area (Å²) < 4.78 is 62.8. The van der Waals surface area contributed by atoms with Crippen molar-refractivity contribution in [2.75, 3.05) is 12.5 Å². The van der Waals surface area contributed by atoms with Gasteiger partial charge in [0.15, 0.2) is 11.5 Å². The van der Waals surface area contributed by atoms with E-state index in [1.54, 1.807) is 36.4 Å². The summed E-state index contributed by atoms with van der Waals surface area (Å²) in [6, 6.07) is 25.7. The van der Waals surface area contributed by atoms with E-state index in [0.717, 1.165) is 51.5 Å². The van der Waals surface area contributed by atoms with Crippen LogP contribution in [0.4, 0.5) is 0 Å². The van der Waals surface area contributed by atoms with Crippen molar-refractivity contribution in [1.82, 2.24) is 0 Å². The van der Waals surface area contributed by atoms with E-state index in [2.05, 4.69) is 0 Å². The van der Waals surface area contributed by atoms with Gasteiger partial charge in [-0.05, 0) is 77.1 Å². The number of rotatable bonds is 9. The van der Waals surface area contributed by atoms with Gasteiger partial charge >= 0.3 is 20.2 Å². The van der Waals surface area contributed by atoms with E-state index in [0.29, 0.717) is 5.75 Å². The minimum atomic E-state index is -3.79. The average Bonchev–Trinajstić information content (AvgIpc) is 2.82. The van der Waals surface area contributed by atoms with E-state index >= 15 is 0 Å². The van der Waals surface area contributed by atoms with Gasteiger partial charge in [-0.1, -0.05) is 60.7 Å². The molecule has 0 aliphatic heterocycles. The highest BCUT2D eigenvalue weighted by Crippen LogP contribution is 2.38. The first kappa shape index (κ1) is 27.2. The second-order valence-electron chi connectivity index (χ2n) is 9.02. The molecule has 0 radical (unpaired) electrons. The monoisotopic (exact) mass is 552 g/mol. The third kappa shape index (κ3) is 7.14. The second kappa shape index (κ2) is 10.9. The highest BCUT2D eigenvalue weighted by Gasteiger charge is 2.16. The molecule has 0 aliphatic rings. The molecule has 4 rings (SSSR count). The normalized spacial score (nSPS) is 11.7. The number of ether oxygens (including phenoxy) is 1. The zero-order chi connectivity index (χ0) is 27.5. The molecule has 0 heterocycles. The second-order valence-corrected chi connectivity index (χ2v) is 12.2. The van der Waals surface area contributed by atoms with Crippen LogP contribution in [0.1, 0.15) is 16.7 Å². The minimum absolute atomic E-state index is 0.116. The Kier molecular flexibility index (Phi) is 7.80. The summed E-state index contributed by atoms with van der Waals surface area (Å²) in [6.07, 6.45) is 2.00. The maximum absolute atomic E-state index is 12.0. The maximum Gasteiger partial charge on any atom is 0.306 e. The van der Waals surface area contributed by atoms with Gasteiger partial charge in [0.1, 0.15) is 12.4 Å². The summed E-state index contributed by atoms with van der Waals surface area (Å²) in [5, 5.41) is 0. The Morgan fingerprint density at radius 3 is 1.76 bits per heavy atom. The van der Waals surface area contributed by atoms with Crippen LogP contribution in [0.25, 0.3) is 22.3 Å². The number of benzene rings is 4. The first-order valence-corrected chi connectivity index (χ1v) is 15.3. The fourth-order valence-corrected chi connectivity index (χ4v) is 5.13. The van der Waals surface area contributed by atoms with Crippen LogP contribution in [0.2, 0.25) is 0 Å². The molecule has 0 amide bonds. The molecule has 0 spiro atoms. The molecule has 0 unspecified atom stereocenters. The van der Waals surface area contributed by atoms with E-state index in [4.69, 9.17) is 13.1 Å². The molecule has 0 aliphatic carbocycles. The summed E-state index contributed by atoms with van der Waals surface area (Å²) >= 11 is 0. The Bertz CT molecular complexity index is 1640. The van der Waals surface area contributed by atoms with Crippen LogP contribution in [0.5, 0.6) is 17.2 Å². The number of aryl methyl sites for hydroxylation is 2. The number of hydrogen-bond acceptors (Lipinski definition) is 7. The van der Waals surface area contributed by atoms with Gasteiger partial charge < -0.3 is 13.1 Å². The molecule has 0 saturated carbocycles. The zero-order valence-electron chi connectivity index (χ0n) is 21.5. The molecule has 9 heteroatoms. The van der Waals surface area contributed by atoms with Crippen molar-refractivity contribution in [2.45, 2.75) is 20.5 Å². The van der Waals surface area contributed by atoms with Crippen LogP contribution < -0.4 is 13.1 Å². The fraction of sp³-hybridized carbons (Fsp3) is 0.172. The minimum Gasteiger partial charge on any atom is -0.485 e. The molecule has 0 fully saturated rings. The predicted octanol–water partition coefficient (Wildman–Crippen LogP) is 5.89. The van der Waals surface area contributed by atoms with E-state index in [1.807, 2.05) is 62.4 Å². The third-order valence-electron chi connectivity index (χ3n) is 5.68. The lowest BCUT2D eigenvalue weighted by Crippen LogP contribution is -2.08. The van der Waals surface area contributed by atoms with Gasteiger partial charge in [-0.3, -0.25) is 0 Å². The first-order chi connectivity index (χ1) is 17.9. The van der Waals surface area contributed by atoms with Gasteiger partial charge in [0, 0.05) is 0 Å². The van der Waals surface area contributed by atoms with Crippen LogP contribution in [0.15, 0.2) is 84.9 Å². The highest BCUT2D eigenvalue weighted by atomic mass is 32.2. The Hall–Kier alpha value is -3.82. The Balaban J connectivity index is 1.66. The molecule has 0 bridgehead atoms. The van der Waals surface area contributed by atoms with E-state index < -0.39 is 20.2 Å². The fourth-order valence-electron chi connectivity index (χ4n) is 4.21. The van der Waals surface area contributed by atoms with Crippen molar-refractivity contribution in [3.8, 4) is 39.5 Å². The van der Waals surface area contributed by atoms with Crippen LogP contribution in [-0.4, -0.2) is 29.3 Å². The van der Waals surface area contributed by atoms with Crippen molar-refractivity contribution < 1.29 is 29.9 Å². The molecule has 0 N–H and O–H groups in total. The van der Waals surface area contributed by atoms with Crippen molar-refractivity contribution >= 4 is 20.2 Å². The third-order valence-corrected chi connectivity index (χ3v) is 6.66. The van der Waals surface area contributed by atoms with Crippen LogP contribution in [0.3, 0.4) is 0 Å². The standard InChI is InChI=1S/C29H28O7S2/c1-20-16-25(23-10-13-26(14-11-23)35-37(3,30)31)17-21(2)29(20)24-12-15-27(28(18-24)36-38(4,32)33)34-19-22-8-6-5-7-9-22/h5-18H,19H2,1-4H3. The van der Waals surface area contributed by atoms with Gasteiger partial charge in [-0.2, -0.15) is 16.8 Å². The summed E-state index contributed by atoms with van der Waals surface area (Å²) in [5.41, 5.74) is 6.46. The Morgan fingerprint density at radius 2 is 1.18 bits per heavy atom. The summed E-state index contributed by atoms with van der Waals surface area (Å²) in [6.45, 7) is 4.22. The topological polar surface area (TPSA) is 96.0 Å². The largest absolute Gasteiger partial charge is 0.485 e. The Labute approximate surface area is 223 Å². The molecular weight excluding hydrogens is 524 g/mol. The van der Waals surface area contributed by atoms with Crippen LogP contribution >= 0.6 is 0 Å². The molecule has 0 saturated heterocycles. The van der Waals surface area contributed by atoms with Crippen molar-refractivity contribution in [2.24, 2.45) is 0 Å². The van der Waals surface area contributed by atoms with E-state index in [1.165, 1.54) is 0 Å². The molecule has 4 aromatic carbocycles. The molecular formula is C29H28O7S2. The molecule has 0 atom stereocenters. The summed E-state index contributed by atoms with van der Waals surface area (Å²) in [4.78, 5) is 0. The van der Waals surface area contributed by atoms with Gasteiger partial charge in [0.05, 0.1) is 12.5 Å². The Morgan fingerprint density at radius 1 is 0.605 bits per heavy atom. The lowest BCUT2D eigenvalue weighted by Gasteiger charge is -2.17. The van der Waals surface area contributed by atoms with E-state index in [9.17, 15) is 16.8 Å². The van der Waals surface area contributed by atoms with Gasteiger partial charge in [0.2, 0.25) is 0 Å². The van der Waals surface area contributed by atoms with Crippen molar-refractivity contribution in [3.05, 3.63) is 102 Å². The molecule has 7 nitrogen and oxygen atoms in total. The lowest BCUT2D eigenvalue weighted by atomic mass is 9.91. The SMILES string of the molecule is Cc1cc(-c2ccc(OS(C)(=O)=O)cc2)cc(C)c1-c1ccc(OCc2ccccc2)c(OS(C)(=O)=O)c1. The number of hydrogen-bond donors (Lipinski definition) is 0. The predicted molar refractivity (Wildman–Crippen MR) is 149 cm³/mol. The molecule has 198 valence electrons. The van der Waals surface area contributed by atoms with Crippen LogP contribution in [-0.2, 0) is 26.8 Å². The van der Waals surface area contributed by atoms with Crippen molar-refractivity contribution in [3.63, 3.8) is 0 Å². The maximum atomic E-state index is 12.0. The first-order valence-electron chi connectivity index (χ1n) is 11.7. The van der Waals surface area contributed by atoms with Gasteiger partial charge in [-0.25, -0.2) is 0 Å². The molecule has 38 heavy (non-hydrogen) atoms. The lowest BCUT2D eigenvalue weighted by molar-refractivity contribution is 0.296. The molecule has 0 aromatic heterocycles. The molecule has 4 aromatic rings. The zero-order valence-corrected chi connectivity index (χ0v) is 23.1. The van der Waals surface area contributed by atoms with Gasteiger partial charge in [0.25, 0.3) is 0 Å². The highest BCUT2D eigenvalue weighted by molar-refractivity contribution is 7.86. The van der Waals surface area contributed by atoms with Gasteiger partial charge in [-0.15, -0.1) is 0 Å².